The number of phosphoric acid groups is 2. The number of carbonyl (C=O) groups is 4. The van der Waals surface area contributed by atoms with E-state index in [1.807, 2.05) is 0 Å². The summed E-state index contributed by atoms with van der Waals surface area (Å²) in [5, 5.41) is 10.6. The van der Waals surface area contributed by atoms with Crippen molar-refractivity contribution < 1.29 is 80.2 Å². The first-order valence-electron chi connectivity index (χ1n) is 42.2. The number of ether oxygens (including phenoxy) is 4. The van der Waals surface area contributed by atoms with Gasteiger partial charge in [0, 0.05) is 25.7 Å². The highest BCUT2D eigenvalue weighted by atomic mass is 31.2. The van der Waals surface area contributed by atoms with Crippen molar-refractivity contribution in [3.05, 3.63) is 0 Å². The first-order chi connectivity index (χ1) is 48.6. The first-order valence-corrected chi connectivity index (χ1v) is 45.2. The fraction of sp³-hybridized carbons (Fsp3) is 0.951. The topological polar surface area (TPSA) is 237 Å². The second kappa shape index (κ2) is 71.0. The lowest BCUT2D eigenvalue weighted by Crippen LogP contribution is -2.30. The van der Waals surface area contributed by atoms with Gasteiger partial charge >= 0.3 is 39.5 Å². The van der Waals surface area contributed by atoms with E-state index in [-0.39, 0.29) is 25.7 Å². The van der Waals surface area contributed by atoms with E-state index in [0.717, 1.165) is 114 Å². The van der Waals surface area contributed by atoms with Crippen molar-refractivity contribution in [3.8, 4) is 0 Å². The third-order valence-electron chi connectivity index (χ3n) is 19.4. The Kier molecular flexibility index (Phi) is 69.6. The summed E-state index contributed by atoms with van der Waals surface area (Å²) in [6, 6.07) is 0. The highest BCUT2D eigenvalue weighted by Crippen LogP contribution is 2.45. The molecular weight excluding hydrogens is 1320 g/mol. The summed E-state index contributed by atoms with van der Waals surface area (Å²) >= 11 is 0. The Morgan fingerprint density at radius 2 is 0.475 bits per heavy atom. The first kappa shape index (κ1) is 99.1. The van der Waals surface area contributed by atoms with Crippen molar-refractivity contribution in [2.24, 2.45) is 23.7 Å². The highest BCUT2D eigenvalue weighted by molar-refractivity contribution is 7.47. The predicted molar refractivity (Wildman–Crippen MR) is 414 cm³/mol. The molecule has 6 atom stereocenters. The number of rotatable bonds is 79. The monoisotopic (exact) mass is 1480 g/mol. The van der Waals surface area contributed by atoms with Crippen molar-refractivity contribution >= 4 is 39.5 Å². The maximum absolute atomic E-state index is 13.1. The van der Waals surface area contributed by atoms with Gasteiger partial charge in [0.15, 0.2) is 12.2 Å². The number of carbonyl (C=O) groups excluding carboxylic acids is 4. The molecule has 101 heavy (non-hydrogen) atoms. The molecule has 19 heteroatoms. The Morgan fingerprint density at radius 1 is 0.277 bits per heavy atom. The molecule has 0 saturated carbocycles. The van der Waals surface area contributed by atoms with E-state index < -0.39 is 97.5 Å². The number of aliphatic hydroxyl groups excluding tert-OH is 1. The highest BCUT2D eigenvalue weighted by Gasteiger charge is 2.30. The Morgan fingerprint density at radius 3 is 0.703 bits per heavy atom. The van der Waals surface area contributed by atoms with Gasteiger partial charge in [-0.25, -0.2) is 9.13 Å². The van der Waals surface area contributed by atoms with Crippen LogP contribution in [0.1, 0.15) is 421 Å². The standard InChI is InChI=1S/C82H160O17P2/c1-9-75(8)61-53-45-37-29-23-16-13-14-18-25-31-39-48-56-64-81(86)98-77(68-92-79(84)62-54-46-38-30-24-17-12-10-11-15-21-27-34-42-50-58-72(2)3)70-96-100(88,89)94-66-76(83)67-95-101(90,91)97-71-78(69-93-80(85)63-55-47-41-33-36-44-52-60-74(6)7)99-82(87)65-57-49-40-32-26-20-19-22-28-35-43-51-59-73(4)5/h72-78,83H,9-71H2,1-8H3,(H,88,89)(H,90,91)/t75?,76?,77-,78-/m1/s1. The maximum Gasteiger partial charge on any atom is 0.472 e. The average Bonchev–Trinajstić information content (AvgIpc) is 0.918. The molecule has 0 amide bonds. The van der Waals surface area contributed by atoms with Gasteiger partial charge in [-0.05, 0) is 49.4 Å². The summed E-state index contributed by atoms with van der Waals surface area (Å²) in [6.07, 6.45) is 58.3. The van der Waals surface area contributed by atoms with Crippen LogP contribution in [0.2, 0.25) is 0 Å². The Balaban J connectivity index is 5.25. The van der Waals surface area contributed by atoms with E-state index in [1.165, 1.54) is 218 Å². The molecule has 0 aliphatic carbocycles. The van der Waals surface area contributed by atoms with Gasteiger partial charge in [0.25, 0.3) is 0 Å². The molecule has 0 aromatic rings. The van der Waals surface area contributed by atoms with Gasteiger partial charge in [0.1, 0.15) is 19.3 Å². The third kappa shape index (κ3) is 74.7. The molecule has 0 aromatic carbocycles. The molecule has 17 nitrogen and oxygen atoms in total. The molecule has 4 unspecified atom stereocenters. The normalized spacial score (nSPS) is 14.3. The fourth-order valence-corrected chi connectivity index (χ4v) is 14.2. The van der Waals surface area contributed by atoms with Gasteiger partial charge in [-0.15, -0.1) is 0 Å². The summed E-state index contributed by atoms with van der Waals surface area (Å²) in [4.78, 5) is 73.1. The van der Waals surface area contributed by atoms with Gasteiger partial charge < -0.3 is 33.8 Å². The van der Waals surface area contributed by atoms with Crippen molar-refractivity contribution in [1.29, 1.82) is 0 Å². The molecule has 0 saturated heterocycles. The summed E-state index contributed by atoms with van der Waals surface area (Å²) in [6.45, 7) is 14.3. The molecule has 0 aliphatic rings. The van der Waals surface area contributed by atoms with Gasteiger partial charge in [-0.3, -0.25) is 37.3 Å². The summed E-state index contributed by atoms with van der Waals surface area (Å²) in [7, 11) is -9.92. The Labute approximate surface area is 619 Å². The van der Waals surface area contributed by atoms with Crippen molar-refractivity contribution in [2.75, 3.05) is 39.6 Å². The van der Waals surface area contributed by atoms with E-state index in [2.05, 4.69) is 55.4 Å². The van der Waals surface area contributed by atoms with Gasteiger partial charge in [0.05, 0.1) is 26.4 Å². The number of esters is 4. The van der Waals surface area contributed by atoms with E-state index in [0.29, 0.717) is 31.6 Å². The summed E-state index contributed by atoms with van der Waals surface area (Å²) < 4.78 is 68.8. The fourth-order valence-electron chi connectivity index (χ4n) is 12.6. The lowest BCUT2D eigenvalue weighted by atomic mass is 9.99. The zero-order chi connectivity index (χ0) is 74.6. The van der Waals surface area contributed by atoms with Crippen LogP contribution in [0.25, 0.3) is 0 Å². The van der Waals surface area contributed by atoms with Crippen LogP contribution in [0.3, 0.4) is 0 Å². The van der Waals surface area contributed by atoms with Crippen LogP contribution >= 0.6 is 15.6 Å². The molecule has 0 radical (unpaired) electrons. The summed E-state index contributed by atoms with van der Waals surface area (Å²) in [5.74, 6) is 1.02. The Bertz CT molecular complexity index is 1970. The second-order valence-electron chi connectivity index (χ2n) is 31.2. The lowest BCUT2D eigenvalue weighted by Gasteiger charge is -2.21. The Hall–Kier alpha value is -1.94. The minimum absolute atomic E-state index is 0.106. The zero-order valence-electron chi connectivity index (χ0n) is 66.5. The van der Waals surface area contributed by atoms with Crippen LogP contribution in [0.15, 0.2) is 0 Å². The smallest absolute Gasteiger partial charge is 0.462 e. The quantitative estimate of drug-likeness (QED) is 0.0222. The largest absolute Gasteiger partial charge is 0.472 e. The van der Waals surface area contributed by atoms with Gasteiger partial charge in [-0.1, -0.05) is 370 Å². The average molecular weight is 1480 g/mol. The van der Waals surface area contributed by atoms with Crippen LogP contribution in [0, 0.1) is 23.7 Å². The second-order valence-corrected chi connectivity index (χ2v) is 34.1. The SMILES string of the molecule is CCC(C)CCCCCCCCCCCCCCCCC(=O)O[C@H](COC(=O)CCCCCCCCCCCCCCCCCC(C)C)COP(=O)(O)OCC(O)COP(=O)(O)OC[C@@H](COC(=O)CCCCCCCCCC(C)C)OC(=O)CCCCCCCCCCCCCCC(C)C. The molecule has 0 rings (SSSR count). The van der Waals surface area contributed by atoms with Crippen LogP contribution in [-0.4, -0.2) is 96.7 Å². The minimum Gasteiger partial charge on any atom is -0.462 e. The van der Waals surface area contributed by atoms with E-state index in [1.54, 1.807) is 0 Å². The predicted octanol–water partition coefficient (Wildman–Crippen LogP) is 24.4. The van der Waals surface area contributed by atoms with Crippen molar-refractivity contribution in [1.82, 2.24) is 0 Å². The molecule has 600 valence electrons. The van der Waals surface area contributed by atoms with E-state index in [9.17, 15) is 43.2 Å². The number of phosphoric ester groups is 2. The molecule has 0 aliphatic heterocycles. The number of unbranched alkanes of at least 4 members (excludes halogenated alkanes) is 44. The molecule has 0 spiro atoms. The minimum atomic E-state index is -4.96. The molecular formula is C82H160O17P2. The maximum atomic E-state index is 13.1. The number of aliphatic hydroxyl groups is 1. The molecule has 0 aromatic heterocycles. The van der Waals surface area contributed by atoms with E-state index >= 15 is 0 Å². The number of hydrogen-bond donors (Lipinski definition) is 3. The summed E-state index contributed by atoms with van der Waals surface area (Å²) in [5.41, 5.74) is 0. The molecule has 0 bridgehead atoms. The van der Waals surface area contributed by atoms with Crippen molar-refractivity contribution in [2.45, 2.75) is 440 Å². The van der Waals surface area contributed by atoms with Crippen LogP contribution < -0.4 is 0 Å². The molecule has 0 fully saturated rings. The van der Waals surface area contributed by atoms with Gasteiger partial charge in [-0.2, -0.15) is 0 Å². The zero-order valence-corrected chi connectivity index (χ0v) is 68.3. The van der Waals surface area contributed by atoms with Gasteiger partial charge in [0.2, 0.25) is 0 Å². The van der Waals surface area contributed by atoms with Crippen LogP contribution in [0.4, 0.5) is 0 Å². The third-order valence-corrected chi connectivity index (χ3v) is 21.3. The molecule has 3 N–H and O–H groups in total. The van der Waals surface area contributed by atoms with Crippen LogP contribution in [-0.2, 0) is 65.4 Å². The van der Waals surface area contributed by atoms with Crippen molar-refractivity contribution in [3.63, 3.8) is 0 Å². The van der Waals surface area contributed by atoms with E-state index in [4.69, 9.17) is 37.0 Å². The number of hydrogen-bond acceptors (Lipinski definition) is 15. The van der Waals surface area contributed by atoms with Crippen LogP contribution in [0.5, 0.6) is 0 Å². The lowest BCUT2D eigenvalue weighted by molar-refractivity contribution is -0.161. The molecule has 0 heterocycles.